The summed E-state index contributed by atoms with van der Waals surface area (Å²) in [5.41, 5.74) is 1.41. The summed E-state index contributed by atoms with van der Waals surface area (Å²) in [5.74, 6) is -0.530. The van der Waals surface area contributed by atoms with Gasteiger partial charge in [0.15, 0.2) is 0 Å². The summed E-state index contributed by atoms with van der Waals surface area (Å²) < 4.78 is 0.695. The fourth-order valence-corrected chi connectivity index (χ4v) is 2.67. The van der Waals surface area contributed by atoms with E-state index in [4.69, 9.17) is 0 Å². The van der Waals surface area contributed by atoms with E-state index < -0.39 is 6.04 Å². The first-order valence-corrected chi connectivity index (χ1v) is 8.50. The molecular weight excluding hydrogens is 370 g/mol. The monoisotopic (exact) mass is 389 g/mol. The number of hydrogen-bond acceptors (Lipinski definition) is 3. The van der Waals surface area contributed by atoms with Gasteiger partial charge in [-0.15, -0.1) is 0 Å². The van der Waals surface area contributed by atoms with Crippen LogP contribution in [0.15, 0.2) is 53.3 Å². The number of hydrogen-bond donors (Lipinski definition) is 2. The minimum absolute atomic E-state index is 0.0367. The van der Waals surface area contributed by atoms with Gasteiger partial charge in [-0.3, -0.25) is 14.6 Å². The summed E-state index contributed by atoms with van der Waals surface area (Å²) in [7, 11) is 0. The third-order valence-corrected chi connectivity index (χ3v) is 4.24. The Bertz CT molecular complexity index is 704. The Balaban J connectivity index is 2.02. The molecule has 0 radical (unpaired) electrons. The molecule has 1 atom stereocenters. The highest BCUT2D eigenvalue weighted by Gasteiger charge is 2.25. The van der Waals surface area contributed by atoms with E-state index >= 15 is 0 Å². The predicted octanol–water partition coefficient (Wildman–Crippen LogP) is 2.91. The van der Waals surface area contributed by atoms with Crippen LogP contribution in [0.1, 0.15) is 29.8 Å². The topological polar surface area (TPSA) is 71.1 Å². The van der Waals surface area contributed by atoms with E-state index in [1.54, 1.807) is 30.6 Å². The van der Waals surface area contributed by atoms with E-state index in [-0.39, 0.29) is 17.7 Å². The number of nitrogens with zero attached hydrogens (tertiary/aromatic N) is 1. The van der Waals surface area contributed by atoms with Gasteiger partial charge in [0.25, 0.3) is 5.91 Å². The zero-order valence-corrected chi connectivity index (χ0v) is 15.2. The van der Waals surface area contributed by atoms with Gasteiger partial charge in [-0.1, -0.05) is 32.0 Å². The van der Waals surface area contributed by atoms with Crippen molar-refractivity contribution >= 4 is 27.7 Å². The van der Waals surface area contributed by atoms with E-state index in [9.17, 15) is 9.59 Å². The van der Waals surface area contributed by atoms with Gasteiger partial charge >= 0.3 is 0 Å². The third-order valence-electron chi connectivity index (χ3n) is 3.54. The average molecular weight is 390 g/mol. The molecule has 0 bridgehead atoms. The van der Waals surface area contributed by atoms with E-state index in [1.165, 1.54) is 0 Å². The van der Waals surface area contributed by atoms with Crippen molar-refractivity contribution in [3.8, 4) is 0 Å². The molecule has 0 saturated heterocycles. The maximum Gasteiger partial charge on any atom is 0.253 e. The minimum atomic E-state index is -0.610. The zero-order valence-electron chi connectivity index (χ0n) is 13.6. The Labute approximate surface area is 150 Å². The van der Waals surface area contributed by atoms with Crippen LogP contribution in [0, 0.1) is 5.92 Å². The molecule has 1 heterocycles. The van der Waals surface area contributed by atoms with E-state index in [1.807, 2.05) is 32.0 Å². The first-order chi connectivity index (χ1) is 11.5. The number of rotatable bonds is 6. The maximum absolute atomic E-state index is 12.5. The highest BCUT2D eigenvalue weighted by Crippen LogP contribution is 2.16. The second kappa shape index (κ2) is 8.59. The maximum atomic E-state index is 12.5. The molecule has 126 valence electrons. The second-order valence-electron chi connectivity index (χ2n) is 5.75. The van der Waals surface area contributed by atoms with Gasteiger partial charge in [0.2, 0.25) is 5.91 Å². The van der Waals surface area contributed by atoms with Crippen molar-refractivity contribution in [3.63, 3.8) is 0 Å². The van der Waals surface area contributed by atoms with Gasteiger partial charge in [0, 0.05) is 23.4 Å². The second-order valence-corrected chi connectivity index (χ2v) is 6.61. The van der Waals surface area contributed by atoms with Gasteiger partial charge in [-0.25, -0.2) is 0 Å². The molecule has 2 rings (SSSR count). The summed E-state index contributed by atoms with van der Waals surface area (Å²) in [5, 5.41) is 5.66. The molecule has 0 aliphatic heterocycles. The minimum Gasteiger partial charge on any atom is -0.350 e. The molecule has 0 fully saturated rings. The van der Waals surface area contributed by atoms with Gasteiger partial charge in [-0.05, 0) is 45.6 Å². The fraction of sp³-hybridized carbons (Fsp3) is 0.278. The predicted molar refractivity (Wildman–Crippen MR) is 96.3 cm³/mol. The third kappa shape index (κ3) is 4.89. The molecule has 2 amide bonds. The quantitative estimate of drug-likeness (QED) is 0.797. The van der Waals surface area contributed by atoms with Crippen molar-refractivity contribution in [1.29, 1.82) is 0 Å². The molecule has 5 nitrogen and oxygen atoms in total. The first kappa shape index (κ1) is 18.1. The molecule has 0 aliphatic carbocycles. The molecule has 2 N–H and O–H groups in total. The van der Waals surface area contributed by atoms with Crippen LogP contribution in [0.25, 0.3) is 0 Å². The Morgan fingerprint density at radius 2 is 1.92 bits per heavy atom. The number of pyridine rings is 1. The van der Waals surface area contributed by atoms with Gasteiger partial charge in [0.05, 0.1) is 5.56 Å². The highest BCUT2D eigenvalue weighted by molar-refractivity contribution is 9.10. The van der Waals surface area contributed by atoms with Crippen LogP contribution in [0.5, 0.6) is 0 Å². The van der Waals surface area contributed by atoms with Crippen LogP contribution < -0.4 is 10.6 Å². The molecule has 0 aliphatic rings. The Kier molecular flexibility index (Phi) is 6.49. The van der Waals surface area contributed by atoms with Crippen LogP contribution in [0.2, 0.25) is 0 Å². The van der Waals surface area contributed by atoms with E-state index in [0.29, 0.717) is 16.6 Å². The number of halogens is 1. The van der Waals surface area contributed by atoms with Crippen LogP contribution in [0.3, 0.4) is 0 Å². The number of nitrogens with one attached hydrogen (secondary N) is 2. The average Bonchev–Trinajstić information content (AvgIpc) is 2.58. The fourth-order valence-electron chi connectivity index (χ4n) is 2.20. The highest BCUT2D eigenvalue weighted by atomic mass is 79.9. The lowest BCUT2D eigenvalue weighted by atomic mass is 10.0. The van der Waals surface area contributed by atoms with Crippen molar-refractivity contribution < 1.29 is 9.59 Å². The molecule has 1 aromatic heterocycles. The summed E-state index contributed by atoms with van der Waals surface area (Å²) in [6.45, 7) is 4.17. The van der Waals surface area contributed by atoms with Crippen LogP contribution >= 0.6 is 15.9 Å². The smallest absolute Gasteiger partial charge is 0.253 e. The van der Waals surface area contributed by atoms with Crippen molar-refractivity contribution in [1.82, 2.24) is 15.6 Å². The molecule has 6 heteroatoms. The normalized spacial score (nSPS) is 11.8. The number of amides is 2. The summed E-state index contributed by atoms with van der Waals surface area (Å²) >= 11 is 3.35. The van der Waals surface area contributed by atoms with Gasteiger partial charge < -0.3 is 10.6 Å². The van der Waals surface area contributed by atoms with Gasteiger partial charge in [-0.2, -0.15) is 0 Å². The van der Waals surface area contributed by atoms with Crippen molar-refractivity contribution in [2.45, 2.75) is 26.4 Å². The summed E-state index contributed by atoms with van der Waals surface area (Å²) in [4.78, 5) is 28.9. The Morgan fingerprint density at radius 1 is 1.17 bits per heavy atom. The van der Waals surface area contributed by atoms with Crippen molar-refractivity contribution in [2.24, 2.45) is 5.92 Å². The van der Waals surface area contributed by atoms with Crippen LogP contribution in [-0.4, -0.2) is 22.8 Å². The summed E-state index contributed by atoms with van der Waals surface area (Å²) in [6.07, 6.45) is 3.38. The lowest BCUT2D eigenvalue weighted by Gasteiger charge is -2.22. The van der Waals surface area contributed by atoms with E-state index in [2.05, 4.69) is 31.5 Å². The number of carbonyl (C=O) groups is 2. The molecule has 0 spiro atoms. The largest absolute Gasteiger partial charge is 0.350 e. The van der Waals surface area contributed by atoms with Gasteiger partial charge in [0.1, 0.15) is 6.04 Å². The SMILES string of the molecule is CC(C)[C@@H](NC(=O)c1ccccc1Br)C(=O)NCc1cccnc1. The number of benzene rings is 1. The van der Waals surface area contributed by atoms with Crippen LogP contribution in [-0.2, 0) is 11.3 Å². The van der Waals surface area contributed by atoms with Crippen molar-refractivity contribution in [3.05, 3.63) is 64.4 Å². The summed E-state index contributed by atoms with van der Waals surface area (Å²) in [6, 6.07) is 10.2. The lowest BCUT2D eigenvalue weighted by Crippen LogP contribution is -2.49. The van der Waals surface area contributed by atoms with Crippen LogP contribution in [0.4, 0.5) is 0 Å². The first-order valence-electron chi connectivity index (χ1n) is 7.71. The van der Waals surface area contributed by atoms with Crippen molar-refractivity contribution in [2.75, 3.05) is 0 Å². The zero-order chi connectivity index (χ0) is 17.5. The lowest BCUT2D eigenvalue weighted by molar-refractivity contribution is -0.124. The Morgan fingerprint density at radius 3 is 2.54 bits per heavy atom. The Hall–Kier alpha value is -2.21. The van der Waals surface area contributed by atoms with E-state index in [0.717, 1.165) is 5.56 Å². The molecule has 0 unspecified atom stereocenters. The standard InChI is InChI=1S/C18H20BrN3O2/c1-12(2)16(18(24)21-11-13-6-5-9-20-10-13)22-17(23)14-7-3-4-8-15(14)19/h3-10,12,16H,11H2,1-2H3,(H,21,24)(H,22,23)/t16-/m1/s1. The molecule has 24 heavy (non-hydrogen) atoms. The molecule has 1 aromatic carbocycles. The number of aromatic nitrogens is 1. The molecular formula is C18H20BrN3O2. The molecule has 0 saturated carbocycles. The molecule has 2 aromatic rings. The number of carbonyl (C=O) groups excluding carboxylic acids is 2.